The molecule has 1 N–H and O–H groups in total. The van der Waals surface area contributed by atoms with Crippen molar-refractivity contribution in [1.82, 2.24) is 9.88 Å². The number of aromatic nitrogens is 1. The summed E-state index contributed by atoms with van der Waals surface area (Å²) >= 11 is 12.4. The Morgan fingerprint density at radius 1 is 0.968 bits per heavy atom. The molecular formula is C25H25Cl2N3O. The molecule has 1 aliphatic rings. The first kappa shape index (κ1) is 21.8. The van der Waals surface area contributed by atoms with E-state index < -0.39 is 0 Å². The van der Waals surface area contributed by atoms with Gasteiger partial charge in [0, 0.05) is 30.5 Å². The minimum Gasteiger partial charge on any atom is -0.326 e. The fraction of sp³-hybridized carbons (Fsp3) is 0.280. The van der Waals surface area contributed by atoms with E-state index in [0.717, 1.165) is 50.1 Å². The number of hydrogen-bond acceptors (Lipinski definition) is 3. The van der Waals surface area contributed by atoms with Gasteiger partial charge < -0.3 is 5.32 Å². The number of piperidine rings is 1. The Bertz CT molecular complexity index is 1020. The number of likely N-dealkylation sites (tertiary alicyclic amines) is 1. The van der Waals surface area contributed by atoms with E-state index in [0.29, 0.717) is 10.0 Å². The summed E-state index contributed by atoms with van der Waals surface area (Å²) in [4.78, 5) is 19.1. The molecule has 1 fully saturated rings. The summed E-state index contributed by atoms with van der Waals surface area (Å²) in [6.07, 6.45) is 6.14. The van der Waals surface area contributed by atoms with E-state index in [-0.39, 0.29) is 11.8 Å². The van der Waals surface area contributed by atoms with Crippen molar-refractivity contribution in [2.75, 3.05) is 18.4 Å². The lowest BCUT2D eigenvalue weighted by Crippen LogP contribution is -2.37. The highest BCUT2D eigenvalue weighted by atomic mass is 35.5. The lowest BCUT2D eigenvalue weighted by Gasteiger charge is -2.31. The molecule has 6 heteroatoms. The first-order valence-corrected chi connectivity index (χ1v) is 11.3. The molecule has 0 bridgehead atoms. The van der Waals surface area contributed by atoms with Gasteiger partial charge in [-0.2, -0.15) is 0 Å². The molecule has 4 nitrogen and oxygen atoms in total. The maximum absolute atomic E-state index is 12.7. The number of hydrogen-bond donors (Lipinski definition) is 1. The van der Waals surface area contributed by atoms with Crippen LogP contribution in [0.2, 0.25) is 10.0 Å². The van der Waals surface area contributed by atoms with Gasteiger partial charge in [0.05, 0.1) is 10.0 Å². The van der Waals surface area contributed by atoms with E-state index in [4.69, 9.17) is 23.2 Å². The van der Waals surface area contributed by atoms with Gasteiger partial charge in [-0.3, -0.25) is 14.7 Å². The highest BCUT2D eigenvalue weighted by molar-refractivity contribution is 6.42. The molecule has 1 saturated heterocycles. The topological polar surface area (TPSA) is 45.2 Å². The molecule has 0 atom stereocenters. The molecule has 2 heterocycles. The summed E-state index contributed by atoms with van der Waals surface area (Å²) in [7, 11) is 0. The zero-order chi connectivity index (χ0) is 21.6. The third kappa shape index (κ3) is 5.85. The molecule has 0 saturated carbocycles. The molecule has 0 spiro atoms. The number of pyridine rings is 1. The largest absolute Gasteiger partial charge is 0.326 e. The monoisotopic (exact) mass is 453 g/mol. The molecule has 1 aliphatic heterocycles. The van der Waals surface area contributed by atoms with Crippen LogP contribution in [0.5, 0.6) is 0 Å². The number of rotatable bonds is 6. The second kappa shape index (κ2) is 10.3. The molecule has 1 amide bonds. The molecule has 0 radical (unpaired) electrons. The van der Waals surface area contributed by atoms with Crippen LogP contribution in [0.25, 0.3) is 0 Å². The van der Waals surface area contributed by atoms with Crippen LogP contribution in [0.3, 0.4) is 0 Å². The van der Waals surface area contributed by atoms with Gasteiger partial charge in [-0.05, 0) is 79.4 Å². The Kier molecular flexibility index (Phi) is 7.23. The summed E-state index contributed by atoms with van der Waals surface area (Å²) in [6, 6.07) is 17.8. The van der Waals surface area contributed by atoms with Crippen LogP contribution in [0.15, 0.2) is 67.0 Å². The molecule has 0 aliphatic carbocycles. The van der Waals surface area contributed by atoms with Crippen molar-refractivity contribution in [1.29, 1.82) is 0 Å². The van der Waals surface area contributed by atoms with E-state index in [9.17, 15) is 4.79 Å². The predicted octanol–water partition coefficient (Wildman–Crippen LogP) is 5.83. The fourth-order valence-electron chi connectivity index (χ4n) is 3.95. The number of halogens is 2. The number of benzene rings is 2. The number of carbonyl (C=O) groups excluding carboxylic acids is 1. The van der Waals surface area contributed by atoms with Crippen molar-refractivity contribution in [3.05, 3.63) is 93.7 Å². The van der Waals surface area contributed by atoms with Crippen LogP contribution in [0, 0.1) is 5.92 Å². The Morgan fingerprint density at radius 3 is 2.35 bits per heavy atom. The highest BCUT2D eigenvalue weighted by Crippen LogP contribution is 2.28. The fourth-order valence-corrected chi connectivity index (χ4v) is 4.33. The number of carbonyl (C=O) groups is 1. The normalized spacial score (nSPS) is 15.0. The van der Waals surface area contributed by atoms with Crippen molar-refractivity contribution in [2.45, 2.75) is 25.8 Å². The third-order valence-corrected chi connectivity index (χ3v) is 6.62. The van der Waals surface area contributed by atoms with Gasteiger partial charge >= 0.3 is 0 Å². The van der Waals surface area contributed by atoms with Gasteiger partial charge in [-0.25, -0.2) is 0 Å². The van der Waals surface area contributed by atoms with Crippen LogP contribution >= 0.6 is 23.2 Å². The Balaban J connectivity index is 1.26. The minimum absolute atomic E-state index is 0.0302. The zero-order valence-corrected chi connectivity index (χ0v) is 18.7. The molecule has 31 heavy (non-hydrogen) atoms. The van der Waals surface area contributed by atoms with Gasteiger partial charge in [0.1, 0.15) is 0 Å². The lowest BCUT2D eigenvalue weighted by atomic mass is 9.95. The van der Waals surface area contributed by atoms with Crippen molar-refractivity contribution < 1.29 is 4.79 Å². The average Bonchev–Trinajstić information content (AvgIpc) is 2.79. The molecule has 4 rings (SSSR count). The van der Waals surface area contributed by atoms with Crippen LogP contribution < -0.4 is 5.32 Å². The maximum atomic E-state index is 12.7. The molecule has 0 unspecified atom stereocenters. The van der Waals surface area contributed by atoms with Crippen LogP contribution in [-0.2, 0) is 17.8 Å². The summed E-state index contributed by atoms with van der Waals surface area (Å²) in [5.74, 6) is 0.130. The predicted molar refractivity (Wildman–Crippen MR) is 127 cm³/mol. The van der Waals surface area contributed by atoms with E-state index in [1.54, 1.807) is 18.5 Å². The van der Waals surface area contributed by atoms with Crippen LogP contribution in [0.1, 0.15) is 29.5 Å². The summed E-state index contributed by atoms with van der Waals surface area (Å²) in [5, 5.41) is 4.28. The smallest absolute Gasteiger partial charge is 0.227 e. The van der Waals surface area contributed by atoms with E-state index in [2.05, 4.69) is 27.3 Å². The number of amides is 1. The van der Waals surface area contributed by atoms with E-state index >= 15 is 0 Å². The van der Waals surface area contributed by atoms with Gasteiger partial charge in [0.15, 0.2) is 0 Å². The van der Waals surface area contributed by atoms with Gasteiger partial charge in [-0.1, -0.05) is 47.5 Å². The van der Waals surface area contributed by atoms with Gasteiger partial charge in [-0.15, -0.1) is 0 Å². The Morgan fingerprint density at radius 2 is 1.65 bits per heavy atom. The molecule has 1 aromatic heterocycles. The van der Waals surface area contributed by atoms with Crippen LogP contribution in [0.4, 0.5) is 5.69 Å². The summed E-state index contributed by atoms with van der Waals surface area (Å²) in [5.41, 5.74) is 4.30. The number of anilines is 1. The first-order valence-electron chi connectivity index (χ1n) is 10.5. The average molecular weight is 454 g/mol. The van der Waals surface area contributed by atoms with Crippen molar-refractivity contribution in [3.8, 4) is 0 Å². The number of nitrogens with one attached hydrogen (secondary N) is 1. The third-order valence-electron chi connectivity index (χ3n) is 5.76. The molecular weight excluding hydrogens is 429 g/mol. The second-order valence-corrected chi connectivity index (χ2v) is 8.77. The van der Waals surface area contributed by atoms with Gasteiger partial charge in [0.25, 0.3) is 0 Å². The molecule has 2 aromatic carbocycles. The number of nitrogens with zero attached hydrogens (tertiary/aromatic N) is 2. The first-order chi connectivity index (χ1) is 15.1. The van der Waals surface area contributed by atoms with Crippen molar-refractivity contribution in [2.24, 2.45) is 5.92 Å². The highest BCUT2D eigenvalue weighted by Gasteiger charge is 2.25. The van der Waals surface area contributed by atoms with Gasteiger partial charge in [0.2, 0.25) is 5.91 Å². The Labute approximate surface area is 193 Å². The second-order valence-electron chi connectivity index (χ2n) is 7.98. The lowest BCUT2D eigenvalue weighted by molar-refractivity contribution is -0.121. The standard InChI is InChI=1S/C25H25Cl2N3O/c26-23-3-1-2-21(24(23)27)17-30-14-10-20(11-15-30)25(31)29-22-6-4-18(5-7-22)16-19-8-12-28-13-9-19/h1-9,12-13,20H,10-11,14-17H2,(H,29,31). The Hall–Kier alpha value is -2.40. The van der Waals surface area contributed by atoms with E-state index in [1.807, 2.05) is 36.4 Å². The van der Waals surface area contributed by atoms with Crippen LogP contribution in [-0.4, -0.2) is 28.9 Å². The van der Waals surface area contributed by atoms with Crippen molar-refractivity contribution >= 4 is 34.8 Å². The molecule has 160 valence electrons. The summed E-state index contributed by atoms with van der Waals surface area (Å²) in [6.45, 7) is 2.49. The minimum atomic E-state index is 0.0302. The van der Waals surface area contributed by atoms with E-state index in [1.165, 1.54) is 11.1 Å². The zero-order valence-electron chi connectivity index (χ0n) is 17.2. The van der Waals surface area contributed by atoms with Crippen molar-refractivity contribution in [3.63, 3.8) is 0 Å². The SMILES string of the molecule is O=C(Nc1ccc(Cc2ccncc2)cc1)C1CCN(Cc2cccc(Cl)c2Cl)CC1. The quantitative estimate of drug-likeness (QED) is 0.510. The maximum Gasteiger partial charge on any atom is 0.227 e. The summed E-state index contributed by atoms with van der Waals surface area (Å²) < 4.78 is 0. The molecule has 3 aromatic rings.